The number of fused-ring (bicyclic) bond motifs is 15. The molecule has 0 saturated carbocycles. The second-order valence-electron chi connectivity index (χ2n) is 23.1. The van der Waals surface area contributed by atoms with E-state index in [1.165, 1.54) is 122 Å². The Kier molecular flexibility index (Phi) is 7.96. The molecule has 0 bridgehead atoms. The van der Waals surface area contributed by atoms with Crippen molar-refractivity contribution in [2.24, 2.45) is 0 Å². The molecule has 4 aliphatic rings. The molecule has 0 fully saturated rings. The Morgan fingerprint density at radius 2 is 1.28 bits per heavy atom. The molecule has 68 heavy (non-hydrogen) atoms. The van der Waals surface area contributed by atoms with Crippen molar-refractivity contribution in [1.29, 1.82) is 0 Å². The van der Waals surface area contributed by atoms with E-state index >= 15 is 0 Å². The third-order valence-corrected chi connectivity index (χ3v) is 18.0. The van der Waals surface area contributed by atoms with Crippen LogP contribution in [0.4, 0.5) is 28.4 Å². The Hall–Kier alpha value is -6.56. The van der Waals surface area contributed by atoms with Crippen LogP contribution in [0.15, 0.2) is 150 Å². The summed E-state index contributed by atoms with van der Waals surface area (Å²) in [5, 5.41) is 5.00. The SMILES string of the molecule is CC(C)(C)c1ccc(N2c3cc4c(oc5ccccc54)c4c3B(c3ccc5sc6cc7c(cc6c5c32)C(C)(C)CCC7(C)C)N2c3ccccc3C(C)(C)c3cccc-4c32)c(-c2ccccc2)c1. The van der Waals surface area contributed by atoms with Gasteiger partial charge in [-0.15, -0.1) is 11.3 Å². The van der Waals surface area contributed by atoms with E-state index in [-0.39, 0.29) is 28.5 Å². The summed E-state index contributed by atoms with van der Waals surface area (Å²) < 4.78 is 9.87. The number of para-hydroxylation sites is 3. The molecule has 14 rings (SSSR count). The van der Waals surface area contributed by atoms with Crippen molar-refractivity contribution in [3.05, 3.63) is 173 Å². The van der Waals surface area contributed by atoms with Gasteiger partial charge in [0.15, 0.2) is 0 Å². The van der Waals surface area contributed by atoms with E-state index in [4.69, 9.17) is 4.42 Å². The van der Waals surface area contributed by atoms with Crippen molar-refractivity contribution in [1.82, 2.24) is 0 Å². The summed E-state index contributed by atoms with van der Waals surface area (Å²) in [6.07, 6.45) is 2.36. The molecule has 5 heteroatoms. The molecule has 0 saturated heterocycles. The van der Waals surface area contributed by atoms with Crippen molar-refractivity contribution in [2.75, 3.05) is 9.71 Å². The van der Waals surface area contributed by atoms with Crippen LogP contribution in [-0.2, 0) is 21.7 Å². The Morgan fingerprint density at radius 3 is 2.07 bits per heavy atom. The van der Waals surface area contributed by atoms with Gasteiger partial charge in [-0.3, -0.25) is 0 Å². The highest BCUT2D eigenvalue weighted by Crippen LogP contribution is 2.59. The number of anilines is 5. The lowest BCUT2D eigenvalue weighted by atomic mass is 9.42. The second kappa shape index (κ2) is 13.4. The summed E-state index contributed by atoms with van der Waals surface area (Å²) in [6, 6.07) is 56.0. The van der Waals surface area contributed by atoms with Crippen molar-refractivity contribution < 1.29 is 4.42 Å². The normalized spacial score (nSPS) is 17.0. The largest absolute Gasteiger partial charge is 0.455 e. The van der Waals surface area contributed by atoms with Gasteiger partial charge in [0.25, 0.3) is 0 Å². The zero-order valence-electron chi connectivity index (χ0n) is 40.6. The molecule has 10 aromatic rings. The van der Waals surface area contributed by atoms with Gasteiger partial charge in [-0.25, -0.2) is 0 Å². The number of furan rings is 1. The Balaban J connectivity index is 1.21. The molecular weight excluding hydrogens is 844 g/mol. The lowest BCUT2D eigenvalue weighted by molar-refractivity contribution is 0.332. The number of rotatable bonds is 2. The lowest BCUT2D eigenvalue weighted by Gasteiger charge is -2.51. The first-order valence-electron chi connectivity index (χ1n) is 24.7. The quantitative estimate of drug-likeness (QED) is 0.161. The van der Waals surface area contributed by atoms with Crippen molar-refractivity contribution in [3.8, 4) is 22.3 Å². The highest BCUT2D eigenvalue weighted by Gasteiger charge is 2.52. The highest BCUT2D eigenvalue weighted by molar-refractivity contribution is 7.26. The fourth-order valence-corrected chi connectivity index (χ4v) is 14.2. The first-order valence-corrected chi connectivity index (χ1v) is 25.5. The van der Waals surface area contributed by atoms with Crippen LogP contribution < -0.4 is 20.6 Å². The molecule has 3 aliphatic heterocycles. The molecule has 0 unspecified atom stereocenters. The topological polar surface area (TPSA) is 19.6 Å². The van der Waals surface area contributed by atoms with Crippen LogP contribution in [-0.4, -0.2) is 6.85 Å². The van der Waals surface area contributed by atoms with E-state index < -0.39 is 0 Å². The second-order valence-corrected chi connectivity index (χ2v) is 24.2. The summed E-state index contributed by atoms with van der Waals surface area (Å²) in [7, 11) is 0. The fourth-order valence-electron chi connectivity index (χ4n) is 13.1. The molecule has 3 nitrogen and oxygen atoms in total. The van der Waals surface area contributed by atoms with Crippen LogP contribution in [0.2, 0.25) is 0 Å². The summed E-state index contributed by atoms with van der Waals surface area (Å²) in [5.41, 5.74) is 22.5. The first-order chi connectivity index (χ1) is 32.6. The molecule has 0 amide bonds. The minimum Gasteiger partial charge on any atom is -0.455 e. The molecular formula is C63H55BN2OS. The van der Waals surface area contributed by atoms with Gasteiger partial charge in [-0.05, 0) is 122 Å². The van der Waals surface area contributed by atoms with E-state index in [2.05, 4.69) is 218 Å². The molecule has 5 heterocycles. The average Bonchev–Trinajstić information content (AvgIpc) is 3.90. The third kappa shape index (κ3) is 5.26. The maximum Gasteiger partial charge on any atom is 0.333 e. The van der Waals surface area contributed by atoms with Crippen LogP contribution >= 0.6 is 11.3 Å². The highest BCUT2D eigenvalue weighted by atomic mass is 32.1. The van der Waals surface area contributed by atoms with Crippen molar-refractivity contribution >= 4 is 99.7 Å². The minimum atomic E-state index is -0.226. The van der Waals surface area contributed by atoms with Crippen molar-refractivity contribution in [3.63, 3.8) is 0 Å². The number of nitrogens with zero attached hydrogens (tertiary/aromatic N) is 2. The monoisotopic (exact) mass is 898 g/mol. The van der Waals surface area contributed by atoms with E-state index in [1.807, 2.05) is 11.3 Å². The van der Waals surface area contributed by atoms with E-state index in [1.54, 1.807) is 0 Å². The predicted molar refractivity (Wildman–Crippen MR) is 292 cm³/mol. The first kappa shape index (κ1) is 40.5. The maximum absolute atomic E-state index is 7.17. The Bertz CT molecular complexity index is 3840. The molecule has 0 N–H and O–H groups in total. The molecule has 2 aromatic heterocycles. The average molecular weight is 899 g/mol. The fraction of sp³-hybridized carbons (Fsp3) is 0.238. The van der Waals surface area contributed by atoms with E-state index in [0.29, 0.717) is 0 Å². The number of thiophene rings is 1. The van der Waals surface area contributed by atoms with Crippen molar-refractivity contribution in [2.45, 2.75) is 96.8 Å². The molecule has 0 atom stereocenters. The Labute approximate surface area is 404 Å². The van der Waals surface area contributed by atoms with E-state index in [9.17, 15) is 0 Å². The van der Waals surface area contributed by atoms with Gasteiger partial charge in [0.05, 0.1) is 11.4 Å². The van der Waals surface area contributed by atoms with Crippen LogP contribution in [0.3, 0.4) is 0 Å². The molecule has 1 aliphatic carbocycles. The molecule has 8 aromatic carbocycles. The van der Waals surface area contributed by atoms with E-state index in [0.717, 1.165) is 21.9 Å². The smallest absolute Gasteiger partial charge is 0.333 e. The maximum atomic E-state index is 7.17. The lowest BCUT2D eigenvalue weighted by Crippen LogP contribution is -2.63. The molecule has 0 radical (unpaired) electrons. The van der Waals surface area contributed by atoms with Gasteiger partial charge in [-0.2, -0.15) is 0 Å². The zero-order chi connectivity index (χ0) is 46.4. The van der Waals surface area contributed by atoms with Gasteiger partial charge in [0.2, 0.25) is 0 Å². The van der Waals surface area contributed by atoms with Crippen LogP contribution in [0.25, 0.3) is 64.4 Å². The zero-order valence-corrected chi connectivity index (χ0v) is 41.4. The summed E-state index contributed by atoms with van der Waals surface area (Å²) in [5.74, 6) is 0. The number of hydrogen-bond acceptors (Lipinski definition) is 4. The third-order valence-electron chi connectivity index (χ3n) is 16.8. The Morgan fingerprint density at radius 1 is 0.559 bits per heavy atom. The van der Waals surface area contributed by atoms with Gasteiger partial charge in [0.1, 0.15) is 11.2 Å². The van der Waals surface area contributed by atoms with Gasteiger partial charge in [-0.1, -0.05) is 159 Å². The van der Waals surface area contributed by atoms with Crippen LogP contribution in [0.5, 0.6) is 0 Å². The van der Waals surface area contributed by atoms with Gasteiger partial charge in [0, 0.05) is 70.1 Å². The predicted octanol–water partition coefficient (Wildman–Crippen LogP) is 16.6. The number of benzene rings is 8. The van der Waals surface area contributed by atoms with Gasteiger partial charge < -0.3 is 14.1 Å². The van der Waals surface area contributed by atoms with Crippen LogP contribution in [0, 0.1) is 0 Å². The summed E-state index contributed by atoms with van der Waals surface area (Å²) in [6.45, 7) is 21.5. The standard InChI is InChI=1S/C63H55BN2OS/c1-60(2,3)37-26-28-48(40(32-37)36-18-11-10-12-19-36)65-50-34-41-38-20-13-16-25-51(38)67-59(41)55-39-21-17-23-44-57(39)66(49-24-15-14-22-43(49)63(44,8)9)64(56(50)55)47-27-29-52-54(58(47)65)42-33-45-46(35-53(42)68-52)62(6,7)31-30-61(45,4)5/h10-29,32-35H,30-31H2,1-9H3. The molecule has 0 spiro atoms. The van der Waals surface area contributed by atoms with Crippen LogP contribution in [0.1, 0.15) is 103 Å². The summed E-state index contributed by atoms with van der Waals surface area (Å²) in [4.78, 5) is 5.44. The molecule has 332 valence electrons. The minimum absolute atomic E-state index is 0.0475. The number of hydrogen-bond donors (Lipinski definition) is 0. The summed E-state index contributed by atoms with van der Waals surface area (Å²) >= 11 is 1.97. The van der Waals surface area contributed by atoms with Gasteiger partial charge >= 0.3 is 6.85 Å².